The summed E-state index contributed by atoms with van der Waals surface area (Å²) in [5.74, 6) is -0.231. The number of phenols is 1. The molecule has 2 aromatic carbocycles. The maximum absolute atomic E-state index is 13.7. The van der Waals surface area contributed by atoms with Crippen LogP contribution in [0.15, 0.2) is 48.8 Å². The first-order valence-corrected chi connectivity index (χ1v) is 7.95. The number of aromatic nitrogens is 2. The summed E-state index contributed by atoms with van der Waals surface area (Å²) in [4.78, 5) is 0. The Balaban J connectivity index is 2.32. The summed E-state index contributed by atoms with van der Waals surface area (Å²) in [5, 5.41) is 23.3. The largest absolute Gasteiger partial charge is 0.507 e. The second-order valence-corrected chi connectivity index (χ2v) is 5.97. The Kier molecular flexibility index (Phi) is 4.73. The van der Waals surface area contributed by atoms with Gasteiger partial charge in [-0.15, -0.1) is 0 Å². The highest BCUT2D eigenvalue weighted by atomic mass is 19.4. The van der Waals surface area contributed by atoms with Crippen LogP contribution in [0, 0.1) is 6.92 Å². The van der Waals surface area contributed by atoms with E-state index in [1.807, 2.05) is 0 Å². The molecular formula is C19H17F3N2O2. The minimum atomic E-state index is -4.58. The van der Waals surface area contributed by atoms with Crippen LogP contribution in [0.25, 0.3) is 22.3 Å². The van der Waals surface area contributed by atoms with Crippen molar-refractivity contribution >= 4 is 0 Å². The van der Waals surface area contributed by atoms with Crippen LogP contribution in [-0.4, -0.2) is 26.6 Å². The number of phenolic OH excluding ortho intramolecular Hbond substituents is 1. The summed E-state index contributed by atoms with van der Waals surface area (Å²) in [6, 6.07) is 8.65. The second-order valence-electron chi connectivity index (χ2n) is 5.97. The van der Waals surface area contributed by atoms with E-state index in [0.717, 1.165) is 6.07 Å². The lowest BCUT2D eigenvalue weighted by molar-refractivity contribution is -0.137. The number of hydrogen-bond donors (Lipinski definition) is 2. The molecule has 4 nitrogen and oxygen atoms in total. The zero-order valence-corrected chi connectivity index (χ0v) is 14.0. The maximum Gasteiger partial charge on any atom is 0.417 e. The van der Waals surface area contributed by atoms with E-state index in [4.69, 9.17) is 5.11 Å². The van der Waals surface area contributed by atoms with Crippen molar-refractivity contribution in [2.24, 2.45) is 0 Å². The molecule has 0 radical (unpaired) electrons. The van der Waals surface area contributed by atoms with E-state index in [1.54, 1.807) is 31.3 Å². The minimum absolute atomic E-state index is 0.0928. The standard InChI is InChI=1S/C19H17F3N2O2/c1-12-8-15(13-10-23-24(11-13)6-7-25)18(16(9-12)19(20,21)22)14-4-2-3-5-17(14)26/h2-5,8-11,25-26H,6-7H2,1H3. The Labute approximate surface area is 148 Å². The molecule has 1 aromatic heterocycles. The van der Waals surface area contributed by atoms with Gasteiger partial charge in [-0.25, -0.2) is 0 Å². The molecule has 0 bridgehead atoms. The zero-order chi connectivity index (χ0) is 18.9. The third-order valence-corrected chi connectivity index (χ3v) is 4.03. The van der Waals surface area contributed by atoms with Gasteiger partial charge in [-0.05, 0) is 30.2 Å². The Hall–Kier alpha value is -2.80. The Morgan fingerprint density at radius 3 is 2.50 bits per heavy atom. The van der Waals surface area contributed by atoms with Crippen LogP contribution in [0.2, 0.25) is 0 Å². The number of aliphatic hydroxyl groups excluding tert-OH is 1. The first kappa shape index (κ1) is 18.0. The van der Waals surface area contributed by atoms with E-state index in [0.29, 0.717) is 16.7 Å². The van der Waals surface area contributed by atoms with Gasteiger partial charge in [0.25, 0.3) is 0 Å². The summed E-state index contributed by atoms with van der Waals surface area (Å²) in [6.45, 7) is 1.70. The molecule has 0 aliphatic heterocycles. The monoisotopic (exact) mass is 362 g/mol. The number of halogens is 3. The predicted octanol–water partition coefficient (Wildman–Crippen LogP) is 4.24. The van der Waals surface area contributed by atoms with Gasteiger partial charge in [-0.1, -0.05) is 24.3 Å². The van der Waals surface area contributed by atoms with Crippen molar-refractivity contribution in [1.82, 2.24) is 9.78 Å². The molecule has 0 aliphatic rings. The van der Waals surface area contributed by atoms with Crippen LogP contribution in [0.1, 0.15) is 11.1 Å². The molecule has 7 heteroatoms. The Morgan fingerprint density at radius 2 is 1.85 bits per heavy atom. The van der Waals surface area contributed by atoms with Gasteiger partial charge in [0.05, 0.1) is 24.9 Å². The molecular weight excluding hydrogens is 345 g/mol. The van der Waals surface area contributed by atoms with Crippen LogP contribution in [0.4, 0.5) is 13.2 Å². The van der Waals surface area contributed by atoms with Crippen LogP contribution in [0.3, 0.4) is 0 Å². The number of rotatable bonds is 4. The number of aliphatic hydroxyl groups is 1. The molecule has 0 saturated carbocycles. The van der Waals surface area contributed by atoms with E-state index in [9.17, 15) is 18.3 Å². The second kappa shape index (κ2) is 6.84. The Bertz CT molecular complexity index is 933. The van der Waals surface area contributed by atoms with Gasteiger partial charge in [0.2, 0.25) is 0 Å². The number of hydrogen-bond acceptors (Lipinski definition) is 3. The highest BCUT2D eigenvalue weighted by molar-refractivity contribution is 5.88. The zero-order valence-electron chi connectivity index (χ0n) is 14.0. The smallest absolute Gasteiger partial charge is 0.417 e. The van der Waals surface area contributed by atoms with Crippen molar-refractivity contribution in [3.8, 4) is 28.0 Å². The number of benzene rings is 2. The average Bonchev–Trinajstić information content (AvgIpc) is 3.03. The van der Waals surface area contributed by atoms with Gasteiger partial charge >= 0.3 is 6.18 Å². The summed E-state index contributed by atoms with van der Waals surface area (Å²) in [7, 11) is 0. The molecule has 3 aromatic rings. The molecule has 0 unspecified atom stereocenters. The van der Waals surface area contributed by atoms with Crippen molar-refractivity contribution in [1.29, 1.82) is 0 Å². The maximum atomic E-state index is 13.7. The van der Waals surface area contributed by atoms with Gasteiger partial charge in [0, 0.05) is 22.9 Å². The van der Waals surface area contributed by atoms with Crippen LogP contribution in [0.5, 0.6) is 5.75 Å². The minimum Gasteiger partial charge on any atom is -0.507 e. The van der Waals surface area contributed by atoms with Gasteiger partial charge in [-0.2, -0.15) is 18.3 Å². The summed E-state index contributed by atoms with van der Waals surface area (Å²) in [5.41, 5.74) is 0.439. The molecule has 26 heavy (non-hydrogen) atoms. The number of alkyl halides is 3. The van der Waals surface area contributed by atoms with Crippen LogP contribution in [-0.2, 0) is 12.7 Å². The lowest BCUT2D eigenvalue weighted by Crippen LogP contribution is -2.09. The lowest BCUT2D eigenvalue weighted by atomic mass is 9.89. The fourth-order valence-corrected chi connectivity index (χ4v) is 2.94. The SMILES string of the molecule is Cc1cc(-c2cnn(CCO)c2)c(-c2ccccc2O)c(C(F)(F)F)c1. The summed E-state index contributed by atoms with van der Waals surface area (Å²) < 4.78 is 42.7. The third kappa shape index (κ3) is 3.43. The topological polar surface area (TPSA) is 58.3 Å². The molecule has 0 saturated heterocycles. The highest BCUT2D eigenvalue weighted by Gasteiger charge is 2.36. The molecule has 0 spiro atoms. The van der Waals surface area contributed by atoms with E-state index in [-0.39, 0.29) is 30.0 Å². The van der Waals surface area contributed by atoms with Gasteiger partial charge in [-0.3, -0.25) is 4.68 Å². The summed E-state index contributed by atoms with van der Waals surface area (Å²) in [6.07, 6.45) is -1.55. The molecule has 0 fully saturated rings. The molecule has 1 heterocycles. The van der Waals surface area contributed by atoms with Crippen molar-refractivity contribution in [2.45, 2.75) is 19.6 Å². The van der Waals surface area contributed by atoms with Crippen LogP contribution >= 0.6 is 0 Å². The van der Waals surface area contributed by atoms with E-state index in [2.05, 4.69) is 5.10 Å². The molecule has 3 rings (SSSR count). The number of para-hydroxylation sites is 1. The fourth-order valence-electron chi connectivity index (χ4n) is 2.94. The van der Waals surface area contributed by atoms with Gasteiger partial charge in [0.1, 0.15) is 5.75 Å². The molecule has 136 valence electrons. The van der Waals surface area contributed by atoms with E-state index < -0.39 is 11.7 Å². The molecule has 0 atom stereocenters. The summed E-state index contributed by atoms with van der Waals surface area (Å²) >= 11 is 0. The van der Waals surface area contributed by atoms with Crippen molar-refractivity contribution in [2.75, 3.05) is 6.61 Å². The van der Waals surface area contributed by atoms with Crippen molar-refractivity contribution < 1.29 is 23.4 Å². The predicted molar refractivity (Wildman–Crippen MR) is 91.6 cm³/mol. The number of aromatic hydroxyl groups is 1. The first-order chi connectivity index (χ1) is 12.3. The average molecular weight is 362 g/mol. The molecule has 0 aliphatic carbocycles. The third-order valence-electron chi connectivity index (χ3n) is 4.03. The van der Waals surface area contributed by atoms with E-state index in [1.165, 1.54) is 23.0 Å². The first-order valence-electron chi connectivity index (χ1n) is 7.95. The number of nitrogens with zero attached hydrogens (tertiary/aromatic N) is 2. The highest BCUT2D eigenvalue weighted by Crippen LogP contribution is 2.45. The van der Waals surface area contributed by atoms with Crippen molar-refractivity contribution in [3.05, 3.63) is 59.9 Å². The van der Waals surface area contributed by atoms with Crippen molar-refractivity contribution in [3.63, 3.8) is 0 Å². The van der Waals surface area contributed by atoms with Gasteiger partial charge in [0.15, 0.2) is 0 Å². The Morgan fingerprint density at radius 1 is 1.12 bits per heavy atom. The van der Waals surface area contributed by atoms with E-state index >= 15 is 0 Å². The normalized spacial score (nSPS) is 11.7. The van der Waals surface area contributed by atoms with Gasteiger partial charge < -0.3 is 10.2 Å². The number of aryl methyl sites for hydroxylation is 1. The quantitative estimate of drug-likeness (QED) is 0.730. The molecule has 0 amide bonds. The molecule has 2 N–H and O–H groups in total. The lowest BCUT2D eigenvalue weighted by Gasteiger charge is -2.19. The fraction of sp³-hybridized carbons (Fsp3) is 0.211. The van der Waals surface area contributed by atoms with Crippen LogP contribution < -0.4 is 0 Å².